The number of nitrogens with zero attached hydrogens (tertiary/aromatic N) is 1. The maximum atomic E-state index is 10.8. The summed E-state index contributed by atoms with van der Waals surface area (Å²) < 4.78 is 0. The SMILES string of the molecule is CN(Cc1ccccc1)C1CCCc2ccccc2C1O. The van der Waals surface area contributed by atoms with E-state index >= 15 is 0 Å². The zero-order chi connectivity index (χ0) is 14.7. The smallest absolute Gasteiger partial charge is 0.0947 e. The Morgan fingerprint density at radius 2 is 1.76 bits per heavy atom. The topological polar surface area (TPSA) is 23.5 Å². The number of rotatable bonds is 3. The van der Waals surface area contributed by atoms with Gasteiger partial charge in [0.25, 0.3) is 0 Å². The van der Waals surface area contributed by atoms with Crippen molar-refractivity contribution in [1.82, 2.24) is 4.90 Å². The third-order valence-electron chi connectivity index (χ3n) is 4.53. The minimum Gasteiger partial charge on any atom is -0.387 e. The molecule has 0 saturated heterocycles. The summed E-state index contributed by atoms with van der Waals surface area (Å²) in [6.07, 6.45) is 2.86. The van der Waals surface area contributed by atoms with Gasteiger partial charge in [-0.25, -0.2) is 0 Å². The molecule has 3 rings (SSSR count). The van der Waals surface area contributed by atoms with Crippen LogP contribution >= 0.6 is 0 Å². The molecule has 1 N–H and O–H groups in total. The van der Waals surface area contributed by atoms with Gasteiger partial charge >= 0.3 is 0 Å². The van der Waals surface area contributed by atoms with Crippen LogP contribution < -0.4 is 0 Å². The van der Waals surface area contributed by atoms with E-state index in [0.717, 1.165) is 31.4 Å². The van der Waals surface area contributed by atoms with E-state index in [1.807, 2.05) is 12.1 Å². The number of hydrogen-bond acceptors (Lipinski definition) is 2. The van der Waals surface area contributed by atoms with Crippen LogP contribution in [0.4, 0.5) is 0 Å². The van der Waals surface area contributed by atoms with E-state index in [-0.39, 0.29) is 6.04 Å². The van der Waals surface area contributed by atoms with Gasteiger partial charge in [0.2, 0.25) is 0 Å². The van der Waals surface area contributed by atoms with E-state index in [9.17, 15) is 5.11 Å². The Labute approximate surface area is 127 Å². The van der Waals surface area contributed by atoms with Gasteiger partial charge in [0.05, 0.1) is 6.10 Å². The third kappa shape index (κ3) is 3.17. The van der Waals surface area contributed by atoms with E-state index in [4.69, 9.17) is 0 Å². The number of aliphatic hydroxyl groups is 1. The summed E-state index contributed by atoms with van der Waals surface area (Å²) in [6, 6.07) is 19.0. The predicted molar refractivity (Wildman–Crippen MR) is 86.0 cm³/mol. The highest BCUT2D eigenvalue weighted by Crippen LogP contribution is 2.31. The van der Waals surface area contributed by atoms with Crippen LogP contribution in [0, 0.1) is 0 Å². The quantitative estimate of drug-likeness (QED) is 0.870. The Morgan fingerprint density at radius 3 is 2.57 bits per heavy atom. The van der Waals surface area contributed by atoms with E-state index in [2.05, 4.69) is 54.4 Å². The second-order valence-corrected chi connectivity index (χ2v) is 6.00. The van der Waals surface area contributed by atoms with Crippen LogP contribution in [-0.4, -0.2) is 23.1 Å². The van der Waals surface area contributed by atoms with E-state index in [1.54, 1.807) is 0 Å². The van der Waals surface area contributed by atoms with Gasteiger partial charge in [-0.05, 0) is 43.0 Å². The predicted octanol–water partition coefficient (Wildman–Crippen LogP) is 3.56. The summed E-state index contributed by atoms with van der Waals surface area (Å²) in [7, 11) is 2.12. The highest BCUT2D eigenvalue weighted by atomic mass is 16.3. The monoisotopic (exact) mass is 281 g/mol. The van der Waals surface area contributed by atoms with Crippen molar-refractivity contribution >= 4 is 0 Å². The van der Waals surface area contributed by atoms with Gasteiger partial charge in [0.15, 0.2) is 0 Å². The molecule has 0 heterocycles. The first-order valence-corrected chi connectivity index (χ1v) is 7.76. The molecule has 0 amide bonds. The molecule has 0 saturated carbocycles. The van der Waals surface area contributed by atoms with E-state index < -0.39 is 6.10 Å². The molecule has 0 radical (unpaired) electrons. The molecule has 1 aliphatic carbocycles. The lowest BCUT2D eigenvalue weighted by atomic mass is 9.98. The fourth-order valence-corrected chi connectivity index (χ4v) is 3.37. The molecule has 21 heavy (non-hydrogen) atoms. The van der Waals surface area contributed by atoms with Crippen molar-refractivity contribution in [3.63, 3.8) is 0 Å². The highest BCUT2D eigenvalue weighted by molar-refractivity contribution is 5.31. The van der Waals surface area contributed by atoms with E-state index in [1.165, 1.54) is 11.1 Å². The second-order valence-electron chi connectivity index (χ2n) is 6.00. The van der Waals surface area contributed by atoms with Crippen molar-refractivity contribution in [3.05, 3.63) is 71.3 Å². The molecular weight excluding hydrogens is 258 g/mol. The molecule has 2 atom stereocenters. The fourth-order valence-electron chi connectivity index (χ4n) is 3.37. The number of fused-ring (bicyclic) bond motifs is 1. The Balaban J connectivity index is 1.79. The number of aliphatic hydroxyl groups excluding tert-OH is 1. The molecule has 0 aromatic heterocycles. The van der Waals surface area contributed by atoms with Crippen LogP contribution in [0.1, 0.15) is 35.6 Å². The zero-order valence-electron chi connectivity index (χ0n) is 12.6. The van der Waals surface area contributed by atoms with Crippen LogP contribution in [0.2, 0.25) is 0 Å². The van der Waals surface area contributed by atoms with Gasteiger partial charge in [0.1, 0.15) is 0 Å². The van der Waals surface area contributed by atoms with Crippen molar-refractivity contribution in [2.24, 2.45) is 0 Å². The molecule has 0 bridgehead atoms. The van der Waals surface area contributed by atoms with Crippen LogP contribution in [0.15, 0.2) is 54.6 Å². The molecule has 1 aliphatic rings. The summed E-state index contributed by atoms with van der Waals surface area (Å²) >= 11 is 0. The summed E-state index contributed by atoms with van der Waals surface area (Å²) in [5.41, 5.74) is 3.71. The Bertz CT molecular complexity index is 581. The summed E-state index contributed by atoms with van der Waals surface area (Å²) in [5, 5.41) is 10.8. The first kappa shape index (κ1) is 14.3. The lowest BCUT2D eigenvalue weighted by Gasteiger charge is -2.31. The molecular formula is C19H23NO. The number of benzene rings is 2. The van der Waals surface area contributed by atoms with Gasteiger partial charge in [-0.3, -0.25) is 4.90 Å². The molecule has 2 nitrogen and oxygen atoms in total. The maximum absolute atomic E-state index is 10.8. The van der Waals surface area contributed by atoms with Gasteiger partial charge < -0.3 is 5.11 Å². The highest BCUT2D eigenvalue weighted by Gasteiger charge is 2.28. The molecule has 0 aliphatic heterocycles. The number of aryl methyl sites for hydroxylation is 1. The Hall–Kier alpha value is -1.64. The fraction of sp³-hybridized carbons (Fsp3) is 0.368. The van der Waals surface area contributed by atoms with Gasteiger partial charge in [0, 0.05) is 12.6 Å². The van der Waals surface area contributed by atoms with Gasteiger partial charge in [-0.2, -0.15) is 0 Å². The molecule has 0 spiro atoms. The van der Waals surface area contributed by atoms with Crippen molar-refractivity contribution in [3.8, 4) is 0 Å². The maximum Gasteiger partial charge on any atom is 0.0947 e. The van der Waals surface area contributed by atoms with Crippen LogP contribution in [0.3, 0.4) is 0 Å². The van der Waals surface area contributed by atoms with Crippen molar-refractivity contribution in [2.45, 2.75) is 38.0 Å². The van der Waals surface area contributed by atoms with Crippen molar-refractivity contribution in [1.29, 1.82) is 0 Å². The lowest BCUT2D eigenvalue weighted by Crippen LogP contribution is -2.36. The molecule has 2 aromatic rings. The molecule has 0 fully saturated rings. The normalized spacial score (nSPS) is 21.9. The van der Waals surface area contributed by atoms with Gasteiger partial charge in [-0.1, -0.05) is 54.6 Å². The molecule has 2 heteroatoms. The number of likely N-dealkylation sites (N-methyl/N-ethyl adjacent to an activating group) is 1. The molecule has 2 aromatic carbocycles. The Morgan fingerprint density at radius 1 is 1.05 bits per heavy atom. The van der Waals surface area contributed by atoms with E-state index in [0.29, 0.717) is 0 Å². The second kappa shape index (κ2) is 6.42. The molecule has 110 valence electrons. The van der Waals surface area contributed by atoms with Crippen molar-refractivity contribution in [2.75, 3.05) is 7.05 Å². The Kier molecular flexibility index (Phi) is 4.37. The third-order valence-corrected chi connectivity index (χ3v) is 4.53. The lowest BCUT2D eigenvalue weighted by molar-refractivity contribution is 0.0554. The van der Waals surface area contributed by atoms with Crippen molar-refractivity contribution < 1.29 is 5.11 Å². The largest absolute Gasteiger partial charge is 0.387 e. The average molecular weight is 281 g/mol. The zero-order valence-corrected chi connectivity index (χ0v) is 12.6. The summed E-state index contributed by atoms with van der Waals surface area (Å²) in [4.78, 5) is 2.29. The van der Waals surface area contributed by atoms with Crippen LogP contribution in [0.5, 0.6) is 0 Å². The standard InChI is InChI=1S/C19H23NO/c1-20(14-15-8-3-2-4-9-15)18-13-7-11-16-10-5-6-12-17(16)19(18)21/h2-6,8-10,12,18-19,21H,7,11,13-14H2,1H3. The first-order valence-electron chi connectivity index (χ1n) is 7.76. The first-order chi connectivity index (χ1) is 10.3. The minimum atomic E-state index is -0.391. The van der Waals surface area contributed by atoms with Crippen LogP contribution in [-0.2, 0) is 13.0 Å². The average Bonchev–Trinajstić information content (AvgIpc) is 2.68. The summed E-state index contributed by atoms with van der Waals surface area (Å²) in [6.45, 7) is 0.880. The van der Waals surface area contributed by atoms with Gasteiger partial charge in [-0.15, -0.1) is 0 Å². The summed E-state index contributed by atoms with van der Waals surface area (Å²) in [5.74, 6) is 0. The minimum absolute atomic E-state index is 0.189. The number of hydrogen-bond donors (Lipinski definition) is 1. The molecule has 2 unspecified atom stereocenters. The van der Waals surface area contributed by atoms with Crippen LogP contribution in [0.25, 0.3) is 0 Å².